The van der Waals surface area contributed by atoms with Crippen molar-refractivity contribution in [2.45, 2.75) is 32.2 Å². The van der Waals surface area contributed by atoms with E-state index in [1.165, 1.54) is 18.4 Å². The van der Waals surface area contributed by atoms with Gasteiger partial charge in [0.25, 0.3) is 0 Å². The highest BCUT2D eigenvalue weighted by Crippen LogP contribution is 2.17. The summed E-state index contributed by atoms with van der Waals surface area (Å²) in [5.74, 6) is 1.47. The molecule has 1 aliphatic heterocycles. The Hall–Kier alpha value is -1.75. The molecule has 1 unspecified atom stereocenters. The highest BCUT2D eigenvalue weighted by molar-refractivity contribution is 5.74. The summed E-state index contributed by atoms with van der Waals surface area (Å²) < 4.78 is 5.25. The number of rotatable bonds is 6. The Morgan fingerprint density at radius 1 is 1.42 bits per heavy atom. The molecule has 1 aromatic carbocycles. The second kappa shape index (κ2) is 8.92. The van der Waals surface area contributed by atoms with E-state index < -0.39 is 0 Å². The van der Waals surface area contributed by atoms with Crippen LogP contribution < -0.4 is 10.1 Å². The van der Waals surface area contributed by atoms with Crippen molar-refractivity contribution in [1.82, 2.24) is 15.1 Å². The third-order valence-corrected chi connectivity index (χ3v) is 4.76. The summed E-state index contributed by atoms with van der Waals surface area (Å²) in [4.78, 5) is 16.6. The second-order valence-corrected chi connectivity index (χ2v) is 7.03. The number of carbonyl (C=O) groups excluding carboxylic acids is 1. The molecule has 0 aromatic heterocycles. The van der Waals surface area contributed by atoms with Gasteiger partial charge in [0.05, 0.1) is 7.11 Å². The Morgan fingerprint density at radius 3 is 2.79 bits per heavy atom. The van der Waals surface area contributed by atoms with Crippen LogP contribution in [0.2, 0.25) is 0 Å². The number of nitrogens with zero attached hydrogens (tertiary/aromatic N) is 2. The summed E-state index contributed by atoms with van der Waals surface area (Å²) in [6.07, 6.45) is 3.14. The van der Waals surface area contributed by atoms with Gasteiger partial charge >= 0.3 is 6.03 Å². The molecule has 0 spiro atoms. The number of likely N-dealkylation sites (tertiary alicyclic amines) is 1. The lowest BCUT2D eigenvalue weighted by atomic mass is 9.97. The lowest BCUT2D eigenvalue weighted by molar-refractivity contribution is 0.168. The average Bonchev–Trinajstić information content (AvgIpc) is 2.56. The molecule has 2 rings (SSSR count). The molecule has 1 heterocycles. The first-order valence-electron chi connectivity index (χ1n) is 8.81. The van der Waals surface area contributed by atoms with Gasteiger partial charge in [-0.05, 0) is 69.9 Å². The van der Waals surface area contributed by atoms with Gasteiger partial charge in [0.1, 0.15) is 5.75 Å². The van der Waals surface area contributed by atoms with E-state index in [1.807, 2.05) is 37.1 Å². The van der Waals surface area contributed by atoms with Crippen molar-refractivity contribution in [3.05, 3.63) is 29.8 Å². The van der Waals surface area contributed by atoms with Gasteiger partial charge in [-0.25, -0.2) is 4.79 Å². The Kier molecular flexibility index (Phi) is 6.91. The highest BCUT2D eigenvalue weighted by atomic mass is 16.5. The van der Waals surface area contributed by atoms with Gasteiger partial charge in [-0.3, -0.25) is 0 Å². The van der Waals surface area contributed by atoms with Crippen LogP contribution in [0.1, 0.15) is 25.3 Å². The summed E-state index contributed by atoms with van der Waals surface area (Å²) in [7, 11) is 5.72. The predicted molar refractivity (Wildman–Crippen MR) is 97.5 cm³/mol. The number of amides is 2. The van der Waals surface area contributed by atoms with Gasteiger partial charge in [-0.1, -0.05) is 12.1 Å². The number of methoxy groups -OCH3 is 1. The first-order chi connectivity index (χ1) is 11.5. The number of hydrogen-bond acceptors (Lipinski definition) is 3. The van der Waals surface area contributed by atoms with E-state index in [2.05, 4.69) is 23.3 Å². The Morgan fingerprint density at radius 2 is 2.12 bits per heavy atom. The molecular weight excluding hydrogens is 302 g/mol. The van der Waals surface area contributed by atoms with Crippen LogP contribution >= 0.6 is 0 Å². The third-order valence-electron chi connectivity index (χ3n) is 4.76. The SMILES string of the molecule is COc1cccc(CC(C)NC(=O)N(C)CC2CCN(C)CC2)c1. The summed E-state index contributed by atoms with van der Waals surface area (Å²) in [5.41, 5.74) is 1.17. The van der Waals surface area contributed by atoms with E-state index in [0.717, 1.165) is 31.8 Å². The topological polar surface area (TPSA) is 44.8 Å². The standard InChI is InChI=1S/C19H31N3O2/c1-15(12-17-6-5-7-18(13-17)24-4)20-19(23)22(3)14-16-8-10-21(2)11-9-16/h5-7,13,15-16H,8-12,14H2,1-4H3,(H,20,23). The Bertz CT molecular complexity index is 527. The first kappa shape index (κ1) is 18.6. The fraction of sp³-hybridized carbons (Fsp3) is 0.632. The number of ether oxygens (including phenoxy) is 1. The normalized spacial score (nSPS) is 17.3. The van der Waals surface area contributed by atoms with Gasteiger partial charge in [0.15, 0.2) is 0 Å². The van der Waals surface area contributed by atoms with E-state index in [4.69, 9.17) is 4.74 Å². The molecule has 5 nitrogen and oxygen atoms in total. The molecule has 1 N–H and O–H groups in total. The van der Waals surface area contributed by atoms with Gasteiger partial charge in [-0.2, -0.15) is 0 Å². The molecule has 2 amide bonds. The number of urea groups is 1. The van der Waals surface area contributed by atoms with E-state index in [9.17, 15) is 4.79 Å². The van der Waals surface area contributed by atoms with Crippen LogP contribution in [0.25, 0.3) is 0 Å². The molecule has 1 fully saturated rings. The smallest absolute Gasteiger partial charge is 0.317 e. The molecule has 1 aromatic rings. The van der Waals surface area contributed by atoms with Gasteiger partial charge in [0.2, 0.25) is 0 Å². The maximum Gasteiger partial charge on any atom is 0.317 e. The molecule has 5 heteroatoms. The van der Waals surface area contributed by atoms with Crippen LogP contribution in [-0.2, 0) is 6.42 Å². The third kappa shape index (κ3) is 5.71. The minimum absolute atomic E-state index is 0.0179. The van der Waals surface area contributed by atoms with E-state index in [0.29, 0.717) is 5.92 Å². The number of hydrogen-bond donors (Lipinski definition) is 1. The summed E-state index contributed by atoms with van der Waals surface area (Å²) >= 11 is 0. The van der Waals surface area contributed by atoms with E-state index in [1.54, 1.807) is 7.11 Å². The summed E-state index contributed by atoms with van der Waals surface area (Å²) in [6.45, 7) is 5.14. The monoisotopic (exact) mass is 333 g/mol. The lowest BCUT2D eigenvalue weighted by Crippen LogP contribution is -2.45. The van der Waals surface area contributed by atoms with Crippen molar-refractivity contribution in [2.75, 3.05) is 40.8 Å². The highest BCUT2D eigenvalue weighted by Gasteiger charge is 2.21. The minimum atomic E-state index is 0.0179. The Labute approximate surface area is 146 Å². The van der Waals surface area contributed by atoms with Gasteiger partial charge in [-0.15, -0.1) is 0 Å². The number of benzene rings is 1. The molecule has 0 bridgehead atoms. The van der Waals surface area contributed by atoms with E-state index in [-0.39, 0.29) is 12.1 Å². The zero-order chi connectivity index (χ0) is 17.5. The zero-order valence-corrected chi connectivity index (χ0v) is 15.4. The van der Waals surface area contributed by atoms with Crippen LogP contribution in [-0.4, -0.2) is 62.7 Å². The molecule has 1 atom stereocenters. The predicted octanol–water partition coefficient (Wildman–Crippen LogP) is 2.61. The summed E-state index contributed by atoms with van der Waals surface area (Å²) in [5, 5.41) is 3.10. The minimum Gasteiger partial charge on any atom is -0.497 e. The maximum absolute atomic E-state index is 12.4. The average molecular weight is 333 g/mol. The molecule has 24 heavy (non-hydrogen) atoms. The second-order valence-electron chi connectivity index (χ2n) is 7.03. The van der Waals surface area contributed by atoms with Crippen LogP contribution in [0.15, 0.2) is 24.3 Å². The van der Waals surface area contributed by atoms with Crippen LogP contribution in [0.4, 0.5) is 4.79 Å². The van der Waals surface area contributed by atoms with E-state index >= 15 is 0 Å². The van der Waals surface area contributed by atoms with Gasteiger partial charge in [0, 0.05) is 19.6 Å². The molecule has 0 saturated carbocycles. The summed E-state index contributed by atoms with van der Waals surface area (Å²) in [6, 6.07) is 8.10. The number of carbonyl (C=O) groups is 1. The van der Waals surface area contributed by atoms with Crippen LogP contribution in [0.3, 0.4) is 0 Å². The maximum atomic E-state index is 12.4. The van der Waals surface area contributed by atoms with Crippen molar-refractivity contribution < 1.29 is 9.53 Å². The lowest BCUT2D eigenvalue weighted by Gasteiger charge is -2.32. The quantitative estimate of drug-likeness (QED) is 0.870. The molecular formula is C19H31N3O2. The van der Waals surface area contributed by atoms with Crippen molar-refractivity contribution in [1.29, 1.82) is 0 Å². The molecule has 0 radical (unpaired) electrons. The number of piperidine rings is 1. The fourth-order valence-corrected chi connectivity index (χ4v) is 3.24. The molecule has 1 saturated heterocycles. The largest absolute Gasteiger partial charge is 0.497 e. The van der Waals surface area contributed by atoms with Crippen LogP contribution in [0.5, 0.6) is 5.75 Å². The van der Waals surface area contributed by atoms with Crippen molar-refractivity contribution in [2.24, 2.45) is 5.92 Å². The zero-order valence-electron chi connectivity index (χ0n) is 15.4. The van der Waals surface area contributed by atoms with Crippen molar-refractivity contribution in [3.63, 3.8) is 0 Å². The first-order valence-corrected chi connectivity index (χ1v) is 8.81. The fourth-order valence-electron chi connectivity index (χ4n) is 3.24. The van der Waals surface area contributed by atoms with Crippen LogP contribution in [0, 0.1) is 5.92 Å². The molecule has 1 aliphatic rings. The van der Waals surface area contributed by atoms with Crippen molar-refractivity contribution in [3.8, 4) is 5.75 Å². The number of nitrogens with one attached hydrogen (secondary N) is 1. The Balaban J connectivity index is 1.77. The van der Waals surface area contributed by atoms with Crippen molar-refractivity contribution >= 4 is 6.03 Å². The van der Waals surface area contributed by atoms with Gasteiger partial charge < -0.3 is 19.9 Å². The molecule has 0 aliphatic carbocycles. The molecule has 134 valence electrons.